The predicted octanol–water partition coefficient (Wildman–Crippen LogP) is 6.21. The van der Waals surface area contributed by atoms with Crippen molar-refractivity contribution in [3.8, 4) is 11.1 Å². The number of nitrogens with one attached hydrogen (secondary N) is 1. The monoisotopic (exact) mass is 654 g/mol. The molecule has 244 valence electrons. The lowest BCUT2D eigenvalue weighted by molar-refractivity contribution is -0.141. The highest BCUT2D eigenvalue weighted by Crippen LogP contribution is 2.41. The highest BCUT2D eigenvalue weighted by Gasteiger charge is 2.39. The van der Waals surface area contributed by atoms with E-state index >= 15 is 0 Å². The molecule has 0 atom stereocenters. The SMILES string of the molecule is CCc1cc(C(=O)Nc2ncco2)c2nc(C)cc(N3CCc4c(cc(Cn5ccnc5)cc4-c4cn(C)nc4C(F)(F)F)C3=O)c2c1. The number of imidazole rings is 1. The largest absolute Gasteiger partial charge is 0.435 e. The molecule has 0 saturated heterocycles. The second-order valence-electron chi connectivity index (χ2n) is 11.6. The molecule has 7 rings (SSSR count). The minimum absolute atomic E-state index is 0.0374. The summed E-state index contributed by atoms with van der Waals surface area (Å²) in [6, 6.07) is 8.93. The number of benzene rings is 2. The summed E-state index contributed by atoms with van der Waals surface area (Å²) in [5.41, 5.74) is 3.30. The van der Waals surface area contributed by atoms with Gasteiger partial charge in [0.2, 0.25) is 0 Å². The van der Waals surface area contributed by atoms with Crippen molar-refractivity contribution in [1.82, 2.24) is 29.3 Å². The van der Waals surface area contributed by atoms with Gasteiger partial charge in [-0.25, -0.2) is 9.97 Å². The first-order valence-electron chi connectivity index (χ1n) is 15.2. The van der Waals surface area contributed by atoms with Crippen LogP contribution in [0.4, 0.5) is 24.9 Å². The van der Waals surface area contributed by atoms with Gasteiger partial charge in [-0.15, -0.1) is 0 Å². The van der Waals surface area contributed by atoms with Gasteiger partial charge in [0.05, 0.1) is 29.3 Å². The number of rotatable bonds is 7. The van der Waals surface area contributed by atoms with Crippen LogP contribution >= 0.6 is 0 Å². The summed E-state index contributed by atoms with van der Waals surface area (Å²) in [5, 5.41) is 6.98. The van der Waals surface area contributed by atoms with Crippen LogP contribution in [0.3, 0.4) is 0 Å². The second-order valence-corrected chi connectivity index (χ2v) is 11.6. The molecule has 0 radical (unpaired) electrons. The van der Waals surface area contributed by atoms with Crippen LogP contribution in [-0.2, 0) is 32.6 Å². The molecule has 0 fully saturated rings. The maximum absolute atomic E-state index is 14.5. The lowest BCUT2D eigenvalue weighted by Gasteiger charge is -2.32. The van der Waals surface area contributed by atoms with Gasteiger partial charge < -0.3 is 13.9 Å². The Kier molecular flexibility index (Phi) is 7.57. The first-order valence-corrected chi connectivity index (χ1v) is 15.2. The third kappa shape index (κ3) is 5.58. The Morgan fingerprint density at radius 2 is 1.88 bits per heavy atom. The van der Waals surface area contributed by atoms with E-state index in [-0.39, 0.29) is 37.0 Å². The van der Waals surface area contributed by atoms with Gasteiger partial charge >= 0.3 is 12.2 Å². The van der Waals surface area contributed by atoms with Crippen molar-refractivity contribution in [3.05, 3.63) is 107 Å². The van der Waals surface area contributed by atoms with E-state index in [9.17, 15) is 22.8 Å². The molecule has 1 N–H and O–H groups in total. The van der Waals surface area contributed by atoms with Crippen LogP contribution in [0.5, 0.6) is 0 Å². The quantitative estimate of drug-likeness (QED) is 0.217. The number of alkyl halides is 3. The summed E-state index contributed by atoms with van der Waals surface area (Å²) in [7, 11) is 1.44. The third-order valence-corrected chi connectivity index (χ3v) is 8.36. The molecule has 0 unspecified atom stereocenters. The maximum Gasteiger partial charge on any atom is 0.435 e. The van der Waals surface area contributed by atoms with Crippen molar-refractivity contribution in [2.24, 2.45) is 7.05 Å². The number of fused-ring (bicyclic) bond motifs is 2. The van der Waals surface area contributed by atoms with Gasteiger partial charge in [-0.3, -0.25) is 24.6 Å². The number of nitrogens with zero attached hydrogens (tertiary/aromatic N) is 7. The first kappa shape index (κ1) is 30.8. The van der Waals surface area contributed by atoms with E-state index in [1.54, 1.807) is 59.4 Å². The number of aryl methyl sites for hydroxylation is 3. The Morgan fingerprint density at radius 1 is 1.06 bits per heavy atom. The minimum atomic E-state index is -4.70. The first-order chi connectivity index (χ1) is 23.0. The number of amides is 2. The van der Waals surface area contributed by atoms with Crippen LogP contribution in [0, 0.1) is 6.92 Å². The molecule has 1 aliphatic rings. The molecule has 6 aromatic rings. The zero-order valence-corrected chi connectivity index (χ0v) is 26.2. The van der Waals surface area contributed by atoms with E-state index in [0.29, 0.717) is 56.5 Å². The topological polar surface area (TPSA) is 124 Å². The molecule has 0 saturated carbocycles. The van der Waals surface area contributed by atoms with Gasteiger partial charge in [-0.2, -0.15) is 18.3 Å². The van der Waals surface area contributed by atoms with E-state index in [1.165, 1.54) is 25.7 Å². The Balaban J connectivity index is 1.38. The third-order valence-electron chi connectivity index (χ3n) is 8.36. The van der Waals surface area contributed by atoms with Crippen LogP contribution in [0.15, 0.2) is 72.1 Å². The molecule has 4 aromatic heterocycles. The molecule has 0 spiro atoms. The molecule has 0 bridgehead atoms. The molecule has 14 heteroatoms. The van der Waals surface area contributed by atoms with Gasteiger partial charge in [0, 0.05) is 60.9 Å². The summed E-state index contributed by atoms with van der Waals surface area (Å²) in [6.45, 7) is 4.21. The van der Waals surface area contributed by atoms with E-state index in [1.807, 2.05) is 13.0 Å². The smallest absolute Gasteiger partial charge is 0.432 e. The van der Waals surface area contributed by atoms with Crippen LogP contribution in [0.25, 0.3) is 22.0 Å². The number of halogens is 3. The Labute approximate surface area is 272 Å². The Morgan fingerprint density at radius 3 is 2.58 bits per heavy atom. The molecule has 11 nitrogen and oxygen atoms in total. The summed E-state index contributed by atoms with van der Waals surface area (Å²) < 4.78 is 50.7. The molecule has 0 aliphatic carbocycles. The molecule has 5 heterocycles. The summed E-state index contributed by atoms with van der Waals surface area (Å²) in [6.07, 6.45) is 5.24. The Hall–Kier alpha value is -5.79. The van der Waals surface area contributed by atoms with Gasteiger partial charge in [-0.05, 0) is 72.4 Å². The molecule has 1 aliphatic heterocycles. The van der Waals surface area contributed by atoms with Gasteiger partial charge in [0.15, 0.2) is 5.69 Å². The van der Waals surface area contributed by atoms with Crippen molar-refractivity contribution in [2.75, 3.05) is 16.8 Å². The predicted molar refractivity (Wildman–Crippen MR) is 171 cm³/mol. The number of oxazole rings is 1. The lowest BCUT2D eigenvalue weighted by Crippen LogP contribution is -2.38. The van der Waals surface area contributed by atoms with Crippen molar-refractivity contribution >= 4 is 34.4 Å². The summed E-state index contributed by atoms with van der Waals surface area (Å²) in [5.74, 6) is -0.843. The maximum atomic E-state index is 14.5. The normalized spacial score (nSPS) is 13.3. The van der Waals surface area contributed by atoms with Gasteiger partial charge in [-0.1, -0.05) is 6.92 Å². The zero-order chi connectivity index (χ0) is 33.7. The molecule has 2 amide bonds. The lowest BCUT2D eigenvalue weighted by atomic mass is 9.87. The fourth-order valence-electron chi connectivity index (χ4n) is 6.25. The molecular formula is C34H29F3N8O3. The molecule has 2 aromatic carbocycles. The standard InChI is InChI=1S/C34H29F3N8O3/c1-4-20-12-25-28(11-19(2)40-29(25)26(13-20)31(46)41-33-39-7-10-48-33)45-8-5-22-23(27-17-43(3)42-30(27)34(35,36)37)14-21(15-24(22)32(45)47)16-44-9-6-38-18-44/h6-7,9-15,17-18H,4-5,8,16H2,1-3H3,(H,39,41,46). The van der Waals surface area contributed by atoms with Crippen LogP contribution in [-0.4, -0.2) is 47.7 Å². The van der Waals surface area contributed by atoms with Crippen LogP contribution < -0.4 is 10.2 Å². The highest BCUT2D eigenvalue weighted by molar-refractivity contribution is 6.17. The number of anilines is 2. The average molecular weight is 655 g/mol. The molecule has 48 heavy (non-hydrogen) atoms. The number of carbonyl (C=O) groups excluding carboxylic acids is 2. The zero-order valence-electron chi connectivity index (χ0n) is 26.2. The number of aromatic nitrogens is 6. The van der Waals surface area contributed by atoms with Crippen molar-refractivity contribution < 1.29 is 27.2 Å². The van der Waals surface area contributed by atoms with Crippen molar-refractivity contribution in [2.45, 2.75) is 39.4 Å². The van der Waals surface area contributed by atoms with E-state index in [0.717, 1.165) is 10.2 Å². The van der Waals surface area contributed by atoms with Crippen molar-refractivity contribution in [1.29, 1.82) is 0 Å². The van der Waals surface area contributed by atoms with E-state index in [4.69, 9.17) is 9.40 Å². The van der Waals surface area contributed by atoms with E-state index < -0.39 is 17.8 Å². The second kappa shape index (κ2) is 11.8. The highest BCUT2D eigenvalue weighted by atomic mass is 19.4. The minimum Gasteiger partial charge on any atom is -0.432 e. The van der Waals surface area contributed by atoms with Crippen LogP contribution in [0.1, 0.15) is 55.7 Å². The summed E-state index contributed by atoms with van der Waals surface area (Å²) >= 11 is 0. The Bertz CT molecular complexity index is 2190. The van der Waals surface area contributed by atoms with Gasteiger partial charge in [0.25, 0.3) is 11.8 Å². The fourth-order valence-corrected chi connectivity index (χ4v) is 6.25. The number of pyridine rings is 1. The number of hydrogen-bond donors (Lipinski definition) is 1. The summed E-state index contributed by atoms with van der Waals surface area (Å²) in [4.78, 5) is 42.3. The average Bonchev–Trinajstić information content (AvgIpc) is 3.83. The molecular weight excluding hydrogens is 625 g/mol. The van der Waals surface area contributed by atoms with Gasteiger partial charge in [0.1, 0.15) is 6.26 Å². The number of carbonyl (C=O) groups is 2. The number of hydrogen-bond acceptors (Lipinski definition) is 7. The van der Waals surface area contributed by atoms with E-state index in [2.05, 4.69) is 20.4 Å². The fraction of sp³-hybridized carbons (Fsp3) is 0.235. The van der Waals surface area contributed by atoms with Crippen molar-refractivity contribution in [3.63, 3.8) is 0 Å². The van der Waals surface area contributed by atoms with Crippen LogP contribution in [0.2, 0.25) is 0 Å².